The van der Waals surface area contributed by atoms with E-state index in [9.17, 15) is 9.90 Å². The summed E-state index contributed by atoms with van der Waals surface area (Å²) in [5.41, 5.74) is 3.22. The molecule has 2 aromatic carbocycles. The fourth-order valence-electron chi connectivity index (χ4n) is 2.86. The minimum Gasteiger partial charge on any atom is -0.480 e. The molecule has 0 aromatic heterocycles. The summed E-state index contributed by atoms with van der Waals surface area (Å²) in [5, 5.41) is 13.3. The third kappa shape index (κ3) is 3.89. The SMILES string of the molecule is O=C(O)C(SC1CNCCc2cc(Cl)ccc21)c1ccccc1. The van der Waals surface area contributed by atoms with Crippen LogP contribution in [0.2, 0.25) is 5.02 Å². The molecule has 0 saturated carbocycles. The van der Waals surface area contributed by atoms with E-state index in [-0.39, 0.29) is 5.25 Å². The number of carboxylic acids is 1. The molecule has 1 heterocycles. The Kier molecular flexibility index (Phi) is 5.26. The molecule has 5 heteroatoms. The van der Waals surface area contributed by atoms with Crippen LogP contribution in [0, 0.1) is 0 Å². The van der Waals surface area contributed by atoms with Gasteiger partial charge in [-0.1, -0.05) is 48.0 Å². The Morgan fingerprint density at radius 3 is 2.78 bits per heavy atom. The number of benzene rings is 2. The van der Waals surface area contributed by atoms with Gasteiger partial charge in [0.05, 0.1) is 0 Å². The van der Waals surface area contributed by atoms with Crippen molar-refractivity contribution in [3.8, 4) is 0 Å². The normalized spacial score (nSPS) is 18.7. The molecule has 1 aliphatic rings. The van der Waals surface area contributed by atoms with Gasteiger partial charge >= 0.3 is 5.97 Å². The molecule has 0 saturated heterocycles. The van der Waals surface area contributed by atoms with E-state index in [1.807, 2.05) is 48.5 Å². The molecule has 0 bridgehead atoms. The maximum atomic E-state index is 11.8. The quantitative estimate of drug-likeness (QED) is 0.874. The molecule has 0 spiro atoms. The van der Waals surface area contributed by atoms with E-state index < -0.39 is 11.2 Å². The minimum atomic E-state index is -0.805. The molecular formula is C18H18ClNO2S. The number of thioether (sulfide) groups is 1. The number of nitrogens with one attached hydrogen (secondary N) is 1. The van der Waals surface area contributed by atoms with Gasteiger partial charge in [0.25, 0.3) is 0 Å². The van der Waals surface area contributed by atoms with Crippen molar-refractivity contribution in [2.75, 3.05) is 13.1 Å². The van der Waals surface area contributed by atoms with Crippen LogP contribution >= 0.6 is 23.4 Å². The average molecular weight is 348 g/mol. The van der Waals surface area contributed by atoms with Gasteiger partial charge in [0.2, 0.25) is 0 Å². The molecule has 2 unspecified atom stereocenters. The van der Waals surface area contributed by atoms with Gasteiger partial charge in [-0.15, -0.1) is 11.8 Å². The van der Waals surface area contributed by atoms with Crippen molar-refractivity contribution in [3.05, 3.63) is 70.2 Å². The molecule has 0 aliphatic carbocycles. The predicted molar refractivity (Wildman–Crippen MR) is 95.2 cm³/mol. The lowest BCUT2D eigenvalue weighted by molar-refractivity contribution is -0.136. The largest absolute Gasteiger partial charge is 0.480 e. The van der Waals surface area contributed by atoms with Gasteiger partial charge in [0.1, 0.15) is 5.25 Å². The Labute approximate surface area is 145 Å². The molecule has 2 aromatic rings. The van der Waals surface area contributed by atoms with Crippen molar-refractivity contribution in [2.24, 2.45) is 0 Å². The number of aliphatic carboxylic acids is 1. The molecule has 1 aliphatic heterocycles. The van der Waals surface area contributed by atoms with E-state index in [0.717, 1.165) is 30.1 Å². The van der Waals surface area contributed by atoms with Crippen LogP contribution in [-0.2, 0) is 11.2 Å². The summed E-state index contributed by atoms with van der Waals surface area (Å²) in [6.07, 6.45) is 0.913. The summed E-state index contributed by atoms with van der Waals surface area (Å²) >= 11 is 7.59. The standard InChI is InChI=1S/C18H18ClNO2S/c19-14-6-7-15-13(10-14)8-9-20-11-16(15)23-17(18(21)22)12-4-2-1-3-5-12/h1-7,10,16-17,20H,8-9,11H2,(H,21,22). The summed E-state index contributed by atoms with van der Waals surface area (Å²) in [5.74, 6) is -0.805. The smallest absolute Gasteiger partial charge is 0.321 e. The van der Waals surface area contributed by atoms with Gasteiger partial charge in [-0.2, -0.15) is 0 Å². The Morgan fingerprint density at radius 2 is 2.04 bits per heavy atom. The van der Waals surface area contributed by atoms with Crippen LogP contribution in [0.25, 0.3) is 0 Å². The highest BCUT2D eigenvalue weighted by Gasteiger charge is 2.28. The lowest BCUT2D eigenvalue weighted by Gasteiger charge is -2.22. The third-order valence-corrected chi connectivity index (χ3v) is 5.71. The lowest BCUT2D eigenvalue weighted by Crippen LogP contribution is -2.20. The zero-order valence-corrected chi connectivity index (χ0v) is 14.1. The van der Waals surface area contributed by atoms with Gasteiger partial charge in [0, 0.05) is 16.8 Å². The van der Waals surface area contributed by atoms with E-state index >= 15 is 0 Å². The second kappa shape index (κ2) is 7.39. The highest BCUT2D eigenvalue weighted by Crippen LogP contribution is 2.42. The first-order valence-electron chi connectivity index (χ1n) is 7.57. The van der Waals surface area contributed by atoms with E-state index in [2.05, 4.69) is 5.32 Å². The van der Waals surface area contributed by atoms with Gasteiger partial charge in [-0.3, -0.25) is 4.79 Å². The molecule has 2 N–H and O–H groups in total. The predicted octanol–water partition coefficient (Wildman–Crippen LogP) is 4.09. The third-order valence-electron chi connectivity index (χ3n) is 3.98. The zero-order valence-electron chi connectivity index (χ0n) is 12.5. The first kappa shape index (κ1) is 16.4. The summed E-state index contributed by atoms with van der Waals surface area (Å²) < 4.78 is 0. The first-order valence-corrected chi connectivity index (χ1v) is 8.89. The van der Waals surface area contributed by atoms with Gasteiger partial charge < -0.3 is 10.4 Å². The Hall–Kier alpha value is -1.49. The molecule has 120 valence electrons. The Morgan fingerprint density at radius 1 is 1.26 bits per heavy atom. The molecule has 3 nitrogen and oxygen atoms in total. The van der Waals surface area contributed by atoms with Crippen molar-refractivity contribution in [1.29, 1.82) is 0 Å². The monoisotopic (exact) mass is 347 g/mol. The van der Waals surface area contributed by atoms with Crippen LogP contribution in [-0.4, -0.2) is 24.2 Å². The van der Waals surface area contributed by atoms with Crippen molar-refractivity contribution >= 4 is 29.3 Å². The molecule has 23 heavy (non-hydrogen) atoms. The highest BCUT2D eigenvalue weighted by molar-refractivity contribution is 8.00. The molecule has 3 rings (SSSR count). The van der Waals surface area contributed by atoms with E-state index in [0.29, 0.717) is 0 Å². The number of carboxylic acid groups (broad SMARTS) is 1. The fourth-order valence-corrected chi connectivity index (χ4v) is 4.41. The molecular weight excluding hydrogens is 330 g/mol. The molecule has 0 amide bonds. The average Bonchev–Trinajstić information content (AvgIpc) is 2.74. The number of carbonyl (C=O) groups is 1. The number of hydrogen-bond donors (Lipinski definition) is 2. The maximum Gasteiger partial charge on any atom is 0.321 e. The number of halogens is 1. The molecule has 0 fully saturated rings. The minimum absolute atomic E-state index is 0.0890. The summed E-state index contributed by atoms with van der Waals surface area (Å²) in [4.78, 5) is 11.8. The number of fused-ring (bicyclic) bond motifs is 1. The Balaban J connectivity index is 1.90. The highest BCUT2D eigenvalue weighted by atomic mass is 35.5. The topological polar surface area (TPSA) is 49.3 Å². The van der Waals surface area contributed by atoms with Gasteiger partial charge in [-0.05, 0) is 41.8 Å². The van der Waals surface area contributed by atoms with Crippen molar-refractivity contribution in [2.45, 2.75) is 16.9 Å². The van der Waals surface area contributed by atoms with E-state index in [1.165, 1.54) is 22.9 Å². The fraction of sp³-hybridized carbons (Fsp3) is 0.278. The molecule has 0 radical (unpaired) electrons. The van der Waals surface area contributed by atoms with Crippen LogP contribution in [0.3, 0.4) is 0 Å². The Bertz CT molecular complexity index is 693. The van der Waals surface area contributed by atoms with Crippen molar-refractivity contribution in [1.82, 2.24) is 5.32 Å². The van der Waals surface area contributed by atoms with Crippen LogP contribution in [0.5, 0.6) is 0 Å². The van der Waals surface area contributed by atoms with E-state index in [1.54, 1.807) is 0 Å². The summed E-state index contributed by atoms with van der Waals surface area (Å²) in [6.45, 7) is 1.64. The van der Waals surface area contributed by atoms with Gasteiger partial charge in [-0.25, -0.2) is 0 Å². The maximum absolute atomic E-state index is 11.8. The molecule has 2 atom stereocenters. The summed E-state index contributed by atoms with van der Waals surface area (Å²) in [7, 11) is 0. The van der Waals surface area contributed by atoms with Crippen LogP contribution in [0.1, 0.15) is 27.2 Å². The summed E-state index contributed by atoms with van der Waals surface area (Å²) in [6, 6.07) is 15.3. The first-order chi connectivity index (χ1) is 11.1. The second-order valence-electron chi connectivity index (χ2n) is 5.55. The zero-order chi connectivity index (χ0) is 16.2. The van der Waals surface area contributed by atoms with Crippen LogP contribution in [0.4, 0.5) is 0 Å². The van der Waals surface area contributed by atoms with Gasteiger partial charge in [0.15, 0.2) is 0 Å². The lowest BCUT2D eigenvalue weighted by atomic mass is 10.0. The van der Waals surface area contributed by atoms with E-state index in [4.69, 9.17) is 11.6 Å². The van der Waals surface area contributed by atoms with Crippen molar-refractivity contribution in [3.63, 3.8) is 0 Å². The van der Waals surface area contributed by atoms with Crippen molar-refractivity contribution < 1.29 is 9.90 Å². The number of hydrogen-bond acceptors (Lipinski definition) is 3. The van der Waals surface area contributed by atoms with Crippen LogP contribution < -0.4 is 5.32 Å². The second-order valence-corrected chi connectivity index (χ2v) is 7.30. The number of rotatable bonds is 4. The van der Waals surface area contributed by atoms with Crippen LogP contribution in [0.15, 0.2) is 48.5 Å².